The average Bonchev–Trinajstić information content (AvgIpc) is 2.76. The fourth-order valence-corrected chi connectivity index (χ4v) is 3.55. The van der Waals surface area contributed by atoms with Crippen molar-refractivity contribution in [2.75, 3.05) is 0 Å². The Kier molecular flexibility index (Phi) is 3.21. The van der Waals surface area contributed by atoms with Crippen molar-refractivity contribution >= 4 is 43.1 Å². The van der Waals surface area contributed by atoms with E-state index in [2.05, 4.69) is 27.0 Å². The van der Waals surface area contributed by atoms with Gasteiger partial charge < -0.3 is 0 Å². The van der Waals surface area contributed by atoms with E-state index in [1.165, 1.54) is 11.3 Å². The van der Waals surface area contributed by atoms with Crippen LogP contribution < -0.4 is 0 Å². The van der Waals surface area contributed by atoms with Gasteiger partial charge in [0.25, 0.3) is 0 Å². The van der Waals surface area contributed by atoms with Crippen LogP contribution in [0.15, 0.2) is 47.2 Å². The van der Waals surface area contributed by atoms with Gasteiger partial charge in [0.15, 0.2) is 0 Å². The number of carbonyl (C=O) groups is 1. The Labute approximate surface area is 123 Å². The summed E-state index contributed by atoms with van der Waals surface area (Å²) in [5.41, 5.74) is 1.67. The molecule has 1 aromatic carbocycles. The van der Waals surface area contributed by atoms with Crippen molar-refractivity contribution in [3.05, 3.63) is 63.2 Å². The van der Waals surface area contributed by atoms with Crippen LogP contribution in [0.4, 0.5) is 0 Å². The van der Waals surface area contributed by atoms with Crippen LogP contribution in [0, 0.1) is 6.92 Å². The van der Waals surface area contributed by atoms with E-state index in [4.69, 9.17) is 0 Å². The maximum Gasteiger partial charge on any atom is 0.204 e. The van der Waals surface area contributed by atoms with Gasteiger partial charge in [-0.25, -0.2) is 0 Å². The number of hydrogen-bond donors (Lipinski definition) is 0. The van der Waals surface area contributed by atoms with E-state index in [0.29, 0.717) is 5.56 Å². The van der Waals surface area contributed by atoms with Crippen LogP contribution in [0.25, 0.3) is 10.1 Å². The number of fused-ring (bicyclic) bond motifs is 1. The highest BCUT2D eigenvalue weighted by atomic mass is 79.9. The van der Waals surface area contributed by atoms with Crippen molar-refractivity contribution in [2.45, 2.75) is 6.92 Å². The summed E-state index contributed by atoms with van der Waals surface area (Å²) >= 11 is 5.00. The van der Waals surface area contributed by atoms with Gasteiger partial charge in [-0.2, -0.15) is 0 Å². The predicted molar refractivity (Wildman–Crippen MR) is 81.9 cm³/mol. The molecule has 0 saturated carbocycles. The number of halogens is 1. The van der Waals surface area contributed by atoms with Gasteiger partial charge in [0.05, 0.1) is 4.88 Å². The highest BCUT2D eigenvalue weighted by molar-refractivity contribution is 9.10. The standard InChI is InChI=1S/C15H10BrNOS/c1-9-12-7-11(16)4-5-13(12)19-15(9)14(18)10-3-2-6-17-8-10/h2-8H,1H3. The molecule has 94 valence electrons. The number of nitrogens with zero attached hydrogens (tertiary/aromatic N) is 1. The number of ketones is 1. The lowest BCUT2D eigenvalue weighted by atomic mass is 10.1. The fraction of sp³-hybridized carbons (Fsp3) is 0.0667. The van der Waals surface area contributed by atoms with Gasteiger partial charge in [-0.15, -0.1) is 11.3 Å². The van der Waals surface area contributed by atoms with Gasteiger partial charge >= 0.3 is 0 Å². The van der Waals surface area contributed by atoms with Gasteiger partial charge in [0, 0.05) is 27.1 Å². The number of pyridine rings is 1. The molecule has 2 aromatic heterocycles. The van der Waals surface area contributed by atoms with E-state index < -0.39 is 0 Å². The molecule has 0 bridgehead atoms. The first-order valence-electron chi connectivity index (χ1n) is 5.80. The minimum absolute atomic E-state index is 0.0444. The van der Waals surface area contributed by atoms with Gasteiger partial charge in [0.1, 0.15) is 0 Å². The van der Waals surface area contributed by atoms with Crippen LogP contribution in [0.5, 0.6) is 0 Å². The van der Waals surface area contributed by atoms with Gasteiger partial charge in [-0.05, 0) is 48.2 Å². The molecule has 2 nitrogen and oxygen atoms in total. The molecule has 2 heterocycles. The van der Waals surface area contributed by atoms with Crippen LogP contribution in [-0.4, -0.2) is 10.8 Å². The van der Waals surface area contributed by atoms with Gasteiger partial charge in [-0.1, -0.05) is 15.9 Å². The summed E-state index contributed by atoms with van der Waals surface area (Å²) in [4.78, 5) is 17.3. The second-order valence-electron chi connectivity index (χ2n) is 4.27. The number of hydrogen-bond acceptors (Lipinski definition) is 3. The Hall–Kier alpha value is -1.52. The molecule has 0 saturated heterocycles. The summed E-state index contributed by atoms with van der Waals surface area (Å²) in [6, 6.07) is 9.68. The molecule has 3 aromatic rings. The van der Waals surface area contributed by atoms with Crippen molar-refractivity contribution < 1.29 is 4.79 Å². The van der Waals surface area contributed by atoms with Gasteiger partial charge in [-0.3, -0.25) is 9.78 Å². The Morgan fingerprint density at radius 1 is 1.32 bits per heavy atom. The smallest absolute Gasteiger partial charge is 0.204 e. The maximum absolute atomic E-state index is 12.5. The average molecular weight is 332 g/mol. The molecule has 0 aliphatic heterocycles. The fourth-order valence-electron chi connectivity index (χ4n) is 2.04. The molecule has 0 atom stereocenters. The minimum Gasteiger partial charge on any atom is -0.288 e. The predicted octanol–water partition coefficient (Wildman–Crippen LogP) is 4.60. The van der Waals surface area contributed by atoms with Crippen LogP contribution in [0.3, 0.4) is 0 Å². The summed E-state index contributed by atoms with van der Waals surface area (Å²) in [6.07, 6.45) is 3.29. The summed E-state index contributed by atoms with van der Waals surface area (Å²) in [6.45, 7) is 1.99. The lowest BCUT2D eigenvalue weighted by molar-refractivity contribution is 0.104. The van der Waals surface area contributed by atoms with E-state index in [9.17, 15) is 4.79 Å². The molecule has 3 rings (SSSR count). The summed E-state index contributed by atoms with van der Waals surface area (Å²) < 4.78 is 2.16. The Bertz CT molecular complexity index is 764. The zero-order chi connectivity index (χ0) is 13.4. The topological polar surface area (TPSA) is 30.0 Å². The lowest BCUT2D eigenvalue weighted by Gasteiger charge is -1.98. The van der Waals surface area contributed by atoms with E-state index in [0.717, 1.165) is 25.0 Å². The van der Waals surface area contributed by atoms with E-state index in [1.54, 1.807) is 24.5 Å². The van der Waals surface area contributed by atoms with E-state index >= 15 is 0 Å². The number of benzene rings is 1. The zero-order valence-electron chi connectivity index (χ0n) is 10.2. The Balaban J connectivity index is 2.16. The quantitative estimate of drug-likeness (QED) is 0.642. The molecular formula is C15H10BrNOS. The van der Waals surface area contributed by atoms with E-state index in [1.807, 2.05) is 19.1 Å². The molecule has 0 spiro atoms. The van der Waals surface area contributed by atoms with Crippen LogP contribution in [0.1, 0.15) is 20.8 Å². The van der Waals surface area contributed by atoms with Crippen molar-refractivity contribution in [1.29, 1.82) is 0 Å². The second-order valence-corrected chi connectivity index (χ2v) is 6.24. The minimum atomic E-state index is 0.0444. The largest absolute Gasteiger partial charge is 0.288 e. The maximum atomic E-state index is 12.5. The first kappa shape index (κ1) is 12.5. The number of rotatable bonds is 2. The number of thiophene rings is 1. The molecule has 0 unspecified atom stereocenters. The molecule has 0 radical (unpaired) electrons. The zero-order valence-corrected chi connectivity index (χ0v) is 12.6. The molecule has 0 aliphatic carbocycles. The third-order valence-electron chi connectivity index (χ3n) is 3.03. The summed E-state index contributed by atoms with van der Waals surface area (Å²) in [5, 5.41) is 1.13. The second kappa shape index (κ2) is 4.87. The number of aryl methyl sites for hydroxylation is 1. The molecule has 0 aliphatic rings. The SMILES string of the molecule is Cc1c(C(=O)c2cccnc2)sc2ccc(Br)cc12. The first-order valence-corrected chi connectivity index (χ1v) is 7.41. The van der Waals surface area contributed by atoms with Crippen molar-refractivity contribution in [2.24, 2.45) is 0 Å². The monoisotopic (exact) mass is 331 g/mol. The molecule has 0 N–H and O–H groups in total. The molecule has 0 fully saturated rings. The lowest BCUT2D eigenvalue weighted by Crippen LogP contribution is -2.00. The van der Waals surface area contributed by atoms with Crippen molar-refractivity contribution in [3.63, 3.8) is 0 Å². The molecular weight excluding hydrogens is 322 g/mol. The van der Waals surface area contributed by atoms with Gasteiger partial charge in [0.2, 0.25) is 5.78 Å². The number of carbonyl (C=O) groups excluding carboxylic acids is 1. The third kappa shape index (κ3) is 2.22. The molecule has 4 heteroatoms. The van der Waals surface area contributed by atoms with Crippen molar-refractivity contribution in [1.82, 2.24) is 4.98 Å². The van der Waals surface area contributed by atoms with Crippen LogP contribution in [0.2, 0.25) is 0 Å². The Morgan fingerprint density at radius 3 is 2.89 bits per heavy atom. The van der Waals surface area contributed by atoms with Crippen LogP contribution >= 0.6 is 27.3 Å². The molecule has 0 amide bonds. The third-order valence-corrected chi connectivity index (χ3v) is 4.79. The normalized spacial score (nSPS) is 10.8. The van der Waals surface area contributed by atoms with Crippen LogP contribution in [-0.2, 0) is 0 Å². The Morgan fingerprint density at radius 2 is 2.16 bits per heavy atom. The number of aromatic nitrogens is 1. The summed E-state index contributed by atoms with van der Waals surface area (Å²) in [7, 11) is 0. The van der Waals surface area contributed by atoms with E-state index in [-0.39, 0.29) is 5.78 Å². The van der Waals surface area contributed by atoms with Crippen molar-refractivity contribution in [3.8, 4) is 0 Å². The first-order chi connectivity index (χ1) is 9.16. The highest BCUT2D eigenvalue weighted by Gasteiger charge is 2.17. The summed E-state index contributed by atoms with van der Waals surface area (Å²) in [5.74, 6) is 0.0444. The highest BCUT2D eigenvalue weighted by Crippen LogP contribution is 2.33. The molecule has 19 heavy (non-hydrogen) atoms.